The van der Waals surface area contributed by atoms with Crippen LogP contribution < -0.4 is 0 Å². The lowest BCUT2D eigenvalue weighted by molar-refractivity contribution is -0.784. The third kappa shape index (κ3) is 0.877. The number of quaternary nitrogens is 1. The number of nitrogens with zero attached hydrogens (tertiary/aromatic N) is 1. The van der Waals surface area contributed by atoms with Crippen LogP contribution in [0.5, 0.6) is 0 Å². The summed E-state index contributed by atoms with van der Waals surface area (Å²) < 4.78 is 1.23. The molecule has 0 radical (unpaired) electrons. The fourth-order valence-corrected chi connectivity index (χ4v) is 2.15. The molecule has 0 spiro atoms. The number of likely N-dealkylation sites (N-methyl/N-ethyl adjacent to an activating group) is 1. The molecule has 0 aromatic carbocycles. The molecular weight excluding hydrogens is 110 g/mol. The first-order valence-corrected chi connectivity index (χ1v) is 3.81. The molecule has 1 aliphatic rings. The summed E-state index contributed by atoms with van der Waals surface area (Å²) in [6.45, 7) is 6.97. The van der Waals surface area contributed by atoms with Gasteiger partial charge in [0, 0.05) is 5.92 Å². The molecule has 0 aliphatic carbocycles. The molecule has 0 aromatic rings. The van der Waals surface area contributed by atoms with Gasteiger partial charge in [-0.1, -0.05) is 13.8 Å². The first kappa shape index (κ1) is 7.07. The van der Waals surface area contributed by atoms with Crippen molar-refractivity contribution in [2.24, 2.45) is 5.92 Å². The topological polar surface area (TPSA) is 0 Å². The van der Waals surface area contributed by atoms with E-state index in [1.807, 2.05) is 0 Å². The largest absolute Gasteiger partial charge is 0.314 e. The van der Waals surface area contributed by atoms with E-state index in [4.69, 9.17) is 0 Å². The van der Waals surface area contributed by atoms with E-state index in [-0.39, 0.29) is 0 Å². The summed E-state index contributed by atoms with van der Waals surface area (Å²) in [7, 11) is 4.63. The summed E-state index contributed by atoms with van der Waals surface area (Å²) in [5, 5.41) is 0. The van der Waals surface area contributed by atoms with Crippen LogP contribution in [0.1, 0.15) is 20.8 Å². The zero-order chi connectivity index (χ0) is 7.23. The van der Waals surface area contributed by atoms with Crippen LogP contribution in [0.15, 0.2) is 0 Å². The zero-order valence-electron chi connectivity index (χ0n) is 7.18. The van der Waals surface area contributed by atoms with Crippen molar-refractivity contribution >= 4 is 0 Å². The molecule has 1 nitrogen and oxygen atoms in total. The summed E-state index contributed by atoms with van der Waals surface area (Å²) in [6.07, 6.45) is 0. The minimum Gasteiger partial charge on any atom is -0.314 e. The van der Waals surface area contributed by atoms with Crippen LogP contribution in [0.2, 0.25) is 0 Å². The predicted octanol–water partition coefficient (Wildman–Crippen LogP) is 1.49. The Morgan fingerprint density at radius 1 is 1.22 bits per heavy atom. The van der Waals surface area contributed by atoms with Gasteiger partial charge >= 0.3 is 0 Å². The van der Waals surface area contributed by atoms with E-state index in [1.54, 1.807) is 0 Å². The van der Waals surface area contributed by atoms with Gasteiger partial charge in [0.15, 0.2) is 0 Å². The van der Waals surface area contributed by atoms with Crippen LogP contribution in [0.4, 0.5) is 0 Å². The van der Waals surface area contributed by atoms with Crippen molar-refractivity contribution in [3.05, 3.63) is 0 Å². The number of hydrogen-bond acceptors (Lipinski definition) is 0. The monoisotopic (exact) mass is 128 g/mol. The Kier molecular flexibility index (Phi) is 1.35. The summed E-state index contributed by atoms with van der Waals surface area (Å²) in [5.74, 6) is 0.856. The summed E-state index contributed by atoms with van der Waals surface area (Å²) in [5.41, 5.74) is 0. The van der Waals surface area contributed by atoms with Crippen LogP contribution in [0, 0.1) is 5.92 Å². The fourth-order valence-electron chi connectivity index (χ4n) is 2.15. The standard InChI is InChI=1S/C8H18N/c1-6(2)8-7(3)9(8,4)5/h6-8H,1-5H3/q+1/t7-,8+/m1/s1. The van der Waals surface area contributed by atoms with E-state index in [0.29, 0.717) is 0 Å². The molecule has 0 amide bonds. The van der Waals surface area contributed by atoms with Gasteiger partial charge in [0.1, 0.15) is 12.1 Å². The number of rotatable bonds is 1. The van der Waals surface area contributed by atoms with E-state index in [0.717, 1.165) is 18.0 Å². The minimum atomic E-state index is 0.856. The highest BCUT2D eigenvalue weighted by Gasteiger charge is 2.58. The van der Waals surface area contributed by atoms with Crippen molar-refractivity contribution in [1.82, 2.24) is 0 Å². The highest BCUT2D eigenvalue weighted by atomic mass is 15.5. The van der Waals surface area contributed by atoms with Crippen molar-refractivity contribution in [2.75, 3.05) is 14.1 Å². The molecule has 2 atom stereocenters. The Morgan fingerprint density at radius 3 is 1.56 bits per heavy atom. The minimum absolute atomic E-state index is 0.856. The maximum Gasteiger partial charge on any atom is 0.143 e. The van der Waals surface area contributed by atoms with E-state index in [9.17, 15) is 0 Å². The third-order valence-corrected chi connectivity index (χ3v) is 2.91. The first-order valence-electron chi connectivity index (χ1n) is 3.81. The lowest BCUT2D eigenvalue weighted by Gasteiger charge is -2.07. The van der Waals surface area contributed by atoms with E-state index < -0.39 is 0 Å². The van der Waals surface area contributed by atoms with E-state index in [1.165, 1.54) is 4.48 Å². The Morgan fingerprint density at radius 2 is 1.56 bits per heavy atom. The maximum absolute atomic E-state index is 2.34. The molecule has 54 valence electrons. The van der Waals surface area contributed by atoms with Gasteiger partial charge in [-0.2, -0.15) is 0 Å². The molecule has 1 saturated heterocycles. The van der Waals surface area contributed by atoms with Gasteiger partial charge in [-0.25, -0.2) is 0 Å². The Labute approximate surface area is 58.3 Å². The molecule has 1 aliphatic heterocycles. The second-order valence-corrected chi connectivity index (χ2v) is 4.10. The van der Waals surface area contributed by atoms with Crippen molar-refractivity contribution < 1.29 is 4.48 Å². The van der Waals surface area contributed by atoms with Gasteiger partial charge in [0.25, 0.3) is 0 Å². The van der Waals surface area contributed by atoms with Crippen molar-refractivity contribution in [3.8, 4) is 0 Å². The summed E-state index contributed by atoms with van der Waals surface area (Å²) in [6, 6.07) is 1.81. The maximum atomic E-state index is 2.34. The lowest BCUT2D eigenvalue weighted by Crippen LogP contribution is -2.20. The van der Waals surface area contributed by atoms with Gasteiger partial charge in [-0.15, -0.1) is 0 Å². The van der Waals surface area contributed by atoms with Crippen LogP contribution in [0.3, 0.4) is 0 Å². The molecule has 1 heteroatoms. The molecule has 0 saturated carbocycles. The van der Waals surface area contributed by atoms with Gasteiger partial charge < -0.3 is 4.48 Å². The second-order valence-electron chi connectivity index (χ2n) is 4.10. The van der Waals surface area contributed by atoms with Crippen LogP contribution in [0.25, 0.3) is 0 Å². The molecule has 1 fully saturated rings. The molecule has 1 heterocycles. The highest BCUT2D eigenvalue weighted by molar-refractivity contribution is 4.83. The smallest absolute Gasteiger partial charge is 0.143 e. The molecule has 0 bridgehead atoms. The van der Waals surface area contributed by atoms with Crippen LogP contribution in [-0.2, 0) is 0 Å². The highest BCUT2D eigenvalue weighted by Crippen LogP contribution is 2.39. The predicted molar refractivity (Wildman–Crippen MR) is 40.2 cm³/mol. The SMILES string of the molecule is CC(C)[C@H]1[C@@H](C)[N+]1(C)C. The molecule has 0 aromatic heterocycles. The Hall–Kier alpha value is -0.0400. The van der Waals surface area contributed by atoms with Crippen LogP contribution >= 0.6 is 0 Å². The van der Waals surface area contributed by atoms with Crippen LogP contribution in [-0.4, -0.2) is 30.7 Å². The molecule has 0 unspecified atom stereocenters. The van der Waals surface area contributed by atoms with Gasteiger partial charge in [-0.3, -0.25) is 0 Å². The van der Waals surface area contributed by atoms with Crippen molar-refractivity contribution in [1.29, 1.82) is 0 Å². The summed E-state index contributed by atoms with van der Waals surface area (Å²) in [4.78, 5) is 0. The van der Waals surface area contributed by atoms with Crippen molar-refractivity contribution in [2.45, 2.75) is 32.9 Å². The molecular formula is C8H18N+. The van der Waals surface area contributed by atoms with E-state index >= 15 is 0 Å². The summed E-state index contributed by atoms with van der Waals surface area (Å²) >= 11 is 0. The zero-order valence-corrected chi connectivity index (χ0v) is 7.18. The third-order valence-electron chi connectivity index (χ3n) is 2.91. The fraction of sp³-hybridized carbons (Fsp3) is 1.00. The van der Waals surface area contributed by atoms with Gasteiger partial charge in [-0.05, 0) is 6.92 Å². The first-order chi connectivity index (χ1) is 3.98. The quantitative estimate of drug-likeness (QED) is 0.371. The normalized spacial score (nSPS) is 39.3. The Balaban J connectivity index is 2.52. The van der Waals surface area contributed by atoms with Gasteiger partial charge in [0.05, 0.1) is 14.1 Å². The molecule has 0 N–H and O–H groups in total. The van der Waals surface area contributed by atoms with E-state index in [2.05, 4.69) is 34.9 Å². The average Bonchev–Trinajstić information content (AvgIpc) is 2.07. The molecule has 1 rings (SSSR count). The number of hydrogen-bond donors (Lipinski definition) is 0. The van der Waals surface area contributed by atoms with Gasteiger partial charge in [0.2, 0.25) is 0 Å². The Bertz CT molecular complexity index is 116. The van der Waals surface area contributed by atoms with Crippen molar-refractivity contribution in [3.63, 3.8) is 0 Å². The average molecular weight is 128 g/mol. The lowest BCUT2D eigenvalue weighted by atomic mass is 10.1. The molecule has 9 heavy (non-hydrogen) atoms. The second kappa shape index (κ2) is 1.72.